The van der Waals surface area contributed by atoms with E-state index in [0.29, 0.717) is 6.54 Å². The smallest absolute Gasteiger partial charge is 0.0539 e. The minimum absolute atomic E-state index is 0.500. The Hall–Kier alpha value is -1.88. The SMILES string of the molecule is Cc1cc(N(C)Cc2cnn(C)c2)c(CN)cn1. The molecule has 5 heteroatoms. The fraction of sp³-hybridized carbons (Fsp3) is 0.385. The Morgan fingerprint density at radius 1 is 1.39 bits per heavy atom. The lowest BCUT2D eigenvalue weighted by atomic mass is 10.2. The van der Waals surface area contributed by atoms with E-state index in [9.17, 15) is 0 Å². The summed E-state index contributed by atoms with van der Waals surface area (Å²) in [5.41, 5.74) is 10.1. The van der Waals surface area contributed by atoms with Gasteiger partial charge in [0.05, 0.1) is 6.20 Å². The van der Waals surface area contributed by atoms with Crippen LogP contribution in [-0.2, 0) is 20.1 Å². The molecule has 0 fully saturated rings. The van der Waals surface area contributed by atoms with E-state index in [-0.39, 0.29) is 0 Å². The van der Waals surface area contributed by atoms with Gasteiger partial charge in [0, 0.05) is 62.1 Å². The first-order valence-corrected chi connectivity index (χ1v) is 5.94. The molecule has 0 unspecified atom stereocenters. The van der Waals surface area contributed by atoms with Gasteiger partial charge >= 0.3 is 0 Å². The summed E-state index contributed by atoms with van der Waals surface area (Å²) in [6, 6.07) is 2.07. The Morgan fingerprint density at radius 3 is 2.78 bits per heavy atom. The number of hydrogen-bond donors (Lipinski definition) is 1. The van der Waals surface area contributed by atoms with E-state index in [2.05, 4.69) is 28.1 Å². The van der Waals surface area contributed by atoms with Crippen LogP contribution in [0.15, 0.2) is 24.7 Å². The van der Waals surface area contributed by atoms with Gasteiger partial charge in [0.2, 0.25) is 0 Å². The third-order valence-corrected chi connectivity index (χ3v) is 2.91. The predicted octanol–water partition coefficient (Wildman–Crippen LogP) is 1.22. The number of anilines is 1. The van der Waals surface area contributed by atoms with Crippen LogP contribution in [0, 0.1) is 6.92 Å². The second kappa shape index (κ2) is 5.18. The molecule has 2 aromatic rings. The van der Waals surface area contributed by atoms with E-state index in [4.69, 9.17) is 5.73 Å². The molecule has 0 aliphatic rings. The quantitative estimate of drug-likeness (QED) is 0.880. The van der Waals surface area contributed by atoms with Gasteiger partial charge in [-0.05, 0) is 13.0 Å². The van der Waals surface area contributed by atoms with Gasteiger partial charge < -0.3 is 10.6 Å². The molecule has 0 amide bonds. The molecule has 2 heterocycles. The first kappa shape index (κ1) is 12.6. The zero-order valence-corrected chi connectivity index (χ0v) is 11.1. The van der Waals surface area contributed by atoms with Crippen LogP contribution in [0.2, 0.25) is 0 Å². The van der Waals surface area contributed by atoms with E-state index in [1.807, 2.05) is 37.2 Å². The van der Waals surface area contributed by atoms with Crippen molar-refractivity contribution in [2.75, 3.05) is 11.9 Å². The van der Waals surface area contributed by atoms with Crippen molar-refractivity contribution in [2.45, 2.75) is 20.0 Å². The van der Waals surface area contributed by atoms with Crippen LogP contribution >= 0.6 is 0 Å². The Morgan fingerprint density at radius 2 is 2.17 bits per heavy atom. The summed E-state index contributed by atoms with van der Waals surface area (Å²) in [4.78, 5) is 6.46. The minimum atomic E-state index is 0.500. The van der Waals surface area contributed by atoms with E-state index in [1.54, 1.807) is 0 Å². The first-order chi connectivity index (χ1) is 8.60. The molecular formula is C13H19N5. The number of pyridine rings is 1. The monoisotopic (exact) mass is 245 g/mol. The highest BCUT2D eigenvalue weighted by atomic mass is 15.2. The van der Waals surface area contributed by atoms with Crippen LogP contribution in [0.25, 0.3) is 0 Å². The molecular weight excluding hydrogens is 226 g/mol. The third kappa shape index (κ3) is 2.68. The standard InChI is InChI=1S/C13H19N5/c1-10-4-13(12(5-14)7-15-10)17(2)8-11-6-16-18(3)9-11/h4,6-7,9H,5,8,14H2,1-3H3. The van der Waals surface area contributed by atoms with Crippen molar-refractivity contribution in [1.29, 1.82) is 0 Å². The number of nitrogens with zero attached hydrogens (tertiary/aromatic N) is 4. The second-order valence-corrected chi connectivity index (χ2v) is 4.54. The maximum absolute atomic E-state index is 5.75. The number of nitrogens with two attached hydrogens (primary N) is 1. The second-order valence-electron chi connectivity index (χ2n) is 4.54. The molecule has 2 rings (SSSR count). The lowest BCUT2D eigenvalue weighted by Gasteiger charge is -2.21. The van der Waals surface area contributed by atoms with Crippen molar-refractivity contribution in [3.63, 3.8) is 0 Å². The molecule has 2 aromatic heterocycles. The molecule has 5 nitrogen and oxygen atoms in total. The summed E-state index contributed by atoms with van der Waals surface area (Å²) >= 11 is 0. The van der Waals surface area contributed by atoms with Gasteiger partial charge in [-0.15, -0.1) is 0 Å². The van der Waals surface area contributed by atoms with Crippen molar-refractivity contribution in [3.05, 3.63) is 41.5 Å². The average Bonchev–Trinajstić information content (AvgIpc) is 2.74. The summed E-state index contributed by atoms with van der Waals surface area (Å²) in [5, 5.41) is 4.18. The van der Waals surface area contributed by atoms with Gasteiger partial charge in [0.25, 0.3) is 0 Å². The molecule has 0 saturated heterocycles. The van der Waals surface area contributed by atoms with Gasteiger partial charge in [-0.25, -0.2) is 0 Å². The third-order valence-electron chi connectivity index (χ3n) is 2.91. The van der Waals surface area contributed by atoms with Crippen LogP contribution in [-0.4, -0.2) is 21.8 Å². The largest absolute Gasteiger partial charge is 0.370 e. The van der Waals surface area contributed by atoms with Crippen molar-refractivity contribution in [3.8, 4) is 0 Å². The molecule has 0 saturated carbocycles. The fourth-order valence-corrected chi connectivity index (χ4v) is 2.00. The predicted molar refractivity (Wildman–Crippen MR) is 72.2 cm³/mol. The summed E-state index contributed by atoms with van der Waals surface area (Å²) in [5.74, 6) is 0. The highest BCUT2D eigenvalue weighted by Gasteiger charge is 2.09. The average molecular weight is 245 g/mol. The molecule has 0 radical (unpaired) electrons. The topological polar surface area (TPSA) is 60.0 Å². The number of aromatic nitrogens is 3. The highest BCUT2D eigenvalue weighted by Crippen LogP contribution is 2.21. The maximum Gasteiger partial charge on any atom is 0.0539 e. The highest BCUT2D eigenvalue weighted by molar-refractivity contribution is 5.53. The van der Waals surface area contributed by atoms with Gasteiger partial charge in [-0.2, -0.15) is 5.10 Å². The van der Waals surface area contributed by atoms with Crippen molar-refractivity contribution in [2.24, 2.45) is 12.8 Å². The number of rotatable bonds is 4. The molecule has 0 atom stereocenters. The zero-order valence-electron chi connectivity index (χ0n) is 11.1. The van der Waals surface area contributed by atoms with E-state index in [1.165, 1.54) is 5.56 Å². The van der Waals surface area contributed by atoms with Gasteiger partial charge in [0.15, 0.2) is 0 Å². The molecule has 18 heavy (non-hydrogen) atoms. The summed E-state index contributed by atoms with van der Waals surface area (Å²) in [6.07, 6.45) is 5.75. The van der Waals surface area contributed by atoms with Crippen LogP contribution in [0.1, 0.15) is 16.8 Å². The molecule has 0 aromatic carbocycles. The molecule has 0 spiro atoms. The van der Waals surface area contributed by atoms with E-state index < -0.39 is 0 Å². The van der Waals surface area contributed by atoms with Crippen molar-refractivity contribution >= 4 is 5.69 Å². The van der Waals surface area contributed by atoms with E-state index >= 15 is 0 Å². The minimum Gasteiger partial charge on any atom is -0.370 e. The lowest BCUT2D eigenvalue weighted by molar-refractivity contribution is 0.766. The van der Waals surface area contributed by atoms with E-state index in [0.717, 1.165) is 23.5 Å². The van der Waals surface area contributed by atoms with Crippen molar-refractivity contribution < 1.29 is 0 Å². The maximum atomic E-state index is 5.75. The lowest BCUT2D eigenvalue weighted by Crippen LogP contribution is -2.19. The van der Waals surface area contributed by atoms with Crippen LogP contribution in [0.5, 0.6) is 0 Å². The van der Waals surface area contributed by atoms with Crippen molar-refractivity contribution in [1.82, 2.24) is 14.8 Å². The Bertz CT molecular complexity index is 532. The van der Waals surface area contributed by atoms with Gasteiger partial charge in [-0.1, -0.05) is 0 Å². The van der Waals surface area contributed by atoms with Gasteiger partial charge in [-0.3, -0.25) is 9.67 Å². The zero-order chi connectivity index (χ0) is 13.1. The Balaban J connectivity index is 2.22. The summed E-state index contributed by atoms with van der Waals surface area (Å²) in [6.45, 7) is 3.30. The Labute approximate surface area is 107 Å². The fourth-order valence-electron chi connectivity index (χ4n) is 2.00. The summed E-state index contributed by atoms with van der Waals surface area (Å²) < 4.78 is 1.81. The number of aryl methyl sites for hydroxylation is 2. The molecule has 0 bridgehead atoms. The van der Waals surface area contributed by atoms with Crippen LogP contribution in [0.4, 0.5) is 5.69 Å². The Kier molecular flexibility index (Phi) is 3.62. The van der Waals surface area contributed by atoms with Crippen LogP contribution in [0.3, 0.4) is 0 Å². The molecule has 96 valence electrons. The summed E-state index contributed by atoms with van der Waals surface area (Å²) in [7, 11) is 3.98. The molecule has 0 aliphatic carbocycles. The van der Waals surface area contributed by atoms with Gasteiger partial charge in [0.1, 0.15) is 0 Å². The normalized spacial score (nSPS) is 10.7. The molecule has 0 aliphatic heterocycles. The first-order valence-electron chi connectivity index (χ1n) is 5.94. The molecule has 2 N–H and O–H groups in total. The number of hydrogen-bond acceptors (Lipinski definition) is 4. The van der Waals surface area contributed by atoms with Crippen LogP contribution < -0.4 is 10.6 Å².